The van der Waals surface area contributed by atoms with E-state index in [1.807, 2.05) is 6.07 Å². The lowest BCUT2D eigenvalue weighted by atomic mass is 9.88. The Labute approximate surface area is 78.0 Å². The predicted octanol–water partition coefficient (Wildman–Crippen LogP) is 3.13. The molecule has 1 heterocycles. The van der Waals surface area contributed by atoms with Gasteiger partial charge in [-0.05, 0) is 31.5 Å². The van der Waals surface area contributed by atoms with Crippen LogP contribution in [0.1, 0.15) is 32.3 Å². The smallest absolute Gasteiger partial charge is 0.125 e. The predicted molar refractivity (Wildman–Crippen MR) is 52.5 cm³/mol. The molecular formula is C11H14FN. The molecule has 2 heteroatoms. The van der Waals surface area contributed by atoms with Crippen molar-refractivity contribution in [3.63, 3.8) is 0 Å². The Balaban J connectivity index is 2.50. The summed E-state index contributed by atoms with van der Waals surface area (Å²) in [5.74, 6) is 0.263. The second-order valence-corrected chi connectivity index (χ2v) is 4.30. The maximum atomic E-state index is 12.9. The van der Waals surface area contributed by atoms with Crippen molar-refractivity contribution in [2.45, 2.75) is 32.2 Å². The minimum atomic E-state index is -0.170. The highest BCUT2D eigenvalue weighted by atomic mass is 19.1. The van der Waals surface area contributed by atoms with E-state index in [1.54, 1.807) is 6.07 Å². The van der Waals surface area contributed by atoms with Gasteiger partial charge in [-0.1, -0.05) is 13.0 Å². The van der Waals surface area contributed by atoms with Crippen molar-refractivity contribution in [2.24, 2.45) is 0 Å². The van der Waals surface area contributed by atoms with Crippen LogP contribution in [-0.2, 0) is 0 Å². The fraction of sp³-hybridized carbons (Fsp3) is 0.455. The highest BCUT2D eigenvalue weighted by Crippen LogP contribution is 2.41. The minimum absolute atomic E-state index is 0.0378. The normalized spacial score (nSPS) is 23.8. The molecule has 2 rings (SSSR count). The highest BCUT2D eigenvalue weighted by molar-refractivity contribution is 5.61. The van der Waals surface area contributed by atoms with E-state index in [4.69, 9.17) is 0 Å². The zero-order valence-electron chi connectivity index (χ0n) is 8.19. The Morgan fingerprint density at radius 2 is 2.08 bits per heavy atom. The Morgan fingerprint density at radius 1 is 1.38 bits per heavy atom. The van der Waals surface area contributed by atoms with Gasteiger partial charge in [0.2, 0.25) is 0 Å². The summed E-state index contributed by atoms with van der Waals surface area (Å²) in [4.78, 5) is 0. The van der Waals surface area contributed by atoms with Crippen LogP contribution in [0.25, 0.3) is 0 Å². The average molecular weight is 179 g/mol. The molecule has 0 spiro atoms. The van der Waals surface area contributed by atoms with Crippen LogP contribution < -0.4 is 5.32 Å². The van der Waals surface area contributed by atoms with Gasteiger partial charge in [0.05, 0.1) is 0 Å². The van der Waals surface area contributed by atoms with E-state index in [0.29, 0.717) is 5.92 Å². The van der Waals surface area contributed by atoms with Crippen LogP contribution in [0, 0.1) is 5.82 Å². The van der Waals surface area contributed by atoms with E-state index >= 15 is 0 Å². The molecule has 1 unspecified atom stereocenters. The summed E-state index contributed by atoms with van der Waals surface area (Å²) < 4.78 is 12.9. The van der Waals surface area contributed by atoms with Gasteiger partial charge in [0.15, 0.2) is 0 Å². The van der Waals surface area contributed by atoms with Crippen LogP contribution in [0.5, 0.6) is 0 Å². The van der Waals surface area contributed by atoms with E-state index in [0.717, 1.165) is 5.69 Å². The quantitative estimate of drug-likeness (QED) is 0.645. The van der Waals surface area contributed by atoms with Crippen molar-refractivity contribution in [2.75, 3.05) is 5.32 Å². The first-order chi connectivity index (χ1) is 6.00. The first-order valence-corrected chi connectivity index (χ1v) is 4.58. The van der Waals surface area contributed by atoms with Crippen molar-refractivity contribution >= 4 is 5.69 Å². The van der Waals surface area contributed by atoms with Crippen LogP contribution >= 0.6 is 0 Å². The second kappa shape index (κ2) is 2.47. The molecule has 70 valence electrons. The van der Waals surface area contributed by atoms with E-state index in [-0.39, 0.29) is 11.4 Å². The van der Waals surface area contributed by atoms with Gasteiger partial charge in [0.1, 0.15) is 5.82 Å². The van der Waals surface area contributed by atoms with E-state index in [1.165, 1.54) is 11.6 Å². The van der Waals surface area contributed by atoms with Crippen molar-refractivity contribution in [3.05, 3.63) is 29.6 Å². The summed E-state index contributed by atoms with van der Waals surface area (Å²) in [6.07, 6.45) is 0. The van der Waals surface area contributed by atoms with Gasteiger partial charge in [0, 0.05) is 17.1 Å². The van der Waals surface area contributed by atoms with Crippen LogP contribution in [0.15, 0.2) is 18.2 Å². The van der Waals surface area contributed by atoms with Gasteiger partial charge in [-0.2, -0.15) is 0 Å². The van der Waals surface area contributed by atoms with Crippen LogP contribution in [0.2, 0.25) is 0 Å². The maximum Gasteiger partial charge on any atom is 0.125 e. The van der Waals surface area contributed by atoms with Gasteiger partial charge in [-0.25, -0.2) is 4.39 Å². The Kier molecular flexibility index (Phi) is 1.62. The fourth-order valence-corrected chi connectivity index (χ4v) is 1.86. The molecule has 1 aliphatic rings. The third-order valence-corrected chi connectivity index (χ3v) is 3.02. The molecule has 1 N–H and O–H groups in total. The van der Waals surface area contributed by atoms with Gasteiger partial charge in [-0.3, -0.25) is 0 Å². The molecule has 0 radical (unpaired) electrons. The molecule has 0 saturated carbocycles. The minimum Gasteiger partial charge on any atom is -0.379 e. The van der Waals surface area contributed by atoms with Crippen molar-refractivity contribution in [1.82, 2.24) is 0 Å². The lowest BCUT2D eigenvalue weighted by Crippen LogP contribution is -2.30. The molecule has 0 bridgehead atoms. The summed E-state index contributed by atoms with van der Waals surface area (Å²) in [5, 5.41) is 3.32. The van der Waals surface area contributed by atoms with E-state index in [2.05, 4.69) is 26.1 Å². The molecule has 0 amide bonds. The second-order valence-electron chi connectivity index (χ2n) is 4.30. The molecule has 0 fully saturated rings. The highest BCUT2D eigenvalue weighted by Gasteiger charge is 2.35. The van der Waals surface area contributed by atoms with Gasteiger partial charge >= 0.3 is 0 Å². The van der Waals surface area contributed by atoms with E-state index < -0.39 is 0 Å². The summed E-state index contributed by atoms with van der Waals surface area (Å²) in [5.41, 5.74) is 2.19. The first-order valence-electron chi connectivity index (χ1n) is 4.58. The number of hydrogen-bond donors (Lipinski definition) is 1. The molecule has 0 aromatic heterocycles. The van der Waals surface area contributed by atoms with Gasteiger partial charge < -0.3 is 5.32 Å². The summed E-state index contributed by atoms with van der Waals surface area (Å²) >= 11 is 0. The zero-order valence-corrected chi connectivity index (χ0v) is 8.19. The molecule has 13 heavy (non-hydrogen) atoms. The van der Waals surface area contributed by atoms with Gasteiger partial charge in [-0.15, -0.1) is 0 Å². The van der Waals surface area contributed by atoms with Crippen LogP contribution in [-0.4, -0.2) is 5.54 Å². The topological polar surface area (TPSA) is 12.0 Å². The van der Waals surface area contributed by atoms with Crippen molar-refractivity contribution in [1.29, 1.82) is 0 Å². The molecule has 1 nitrogen and oxygen atoms in total. The van der Waals surface area contributed by atoms with Crippen molar-refractivity contribution < 1.29 is 4.39 Å². The molecule has 1 aromatic rings. The van der Waals surface area contributed by atoms with Gasteiger partial charge in [0.25, 0.3) is 0 Å². The Hall–Kier alpha value is -1.05. The number of halogens is 1. The average Bonchev–Trinajstić information content (AvgIpc) is 2.22. The molecule has 1 atom stereocenters. The third kappa shape index (κ3) is 1.21. The summed E-state index contributed by atoms with van der Waals surface area (Å²) in [7, 11) is 0. The molecule has 0 aliphatic carbocycles. The first kappa shape index (κ1) is 8.54. The molecular weight excluding hydrogens is 165 g/mol. The standard InChI is InChI=1S/C11H14FN/c1-7-9-5-4-8(12)6-10(9)13-11(7,2)3/h4-7,13H,1-3H3. The fourth-order valence-electron chi connectivity index (χ4n) is 1.86. The Bertz CT molecular complexity index is 344. The largest absolute Gasteiger partial charge is 0.379 e. The lowest BCUT2D eigenvalue weighted by molar-refractivity contribution is 0.503. The summed E-state index contributed by atoms with van der Waals surface area (Å²) in [6, 6.07) is 4.97. The lowest BCUT2D eigenvalue weighted by Gasteiger charge is -2.24. The number of fused-ring (bicyclic) bond motifs is 1. The van der Waals surface area contributed by atoms with Crippen LogP contribution in [0.3, 0.4) is 0 Å². The van der Waals surface area contributed by atoms with E-state index in [9.17, 15) is 4.39 Å². The zero-order chi connectivity index (χ0) is 9.64. The maximum absolute atomic E-state index is 12.9. The molecule has 1 aromatic carbocycles. The van der Waals surface area contributed by atoms with Crippen molar-refractivity contribution in [3.8, 4) is 0 Å². The number of rotatable bonds is 0. The summed E-state index contributed by atoms with van der Waals surface area (Å²) in [6.45, 7) is 6.43. The monoisotopic (exact) mass is 179 g/mol. The Morgan fingerprint density at radius 3 is 2.77 bits per heavy atom. The number of benzene rings is 1. The SMILES string of the molecule is CC1c2ccc(F)cc2NC1(C)C. The third-order valence-electron chi connectivity index (χ3n) is 3.02. The molecule has 0 saturated heterocycles. The number of hydrogen-bond acceptors (Lipinski definition) is 1. The number of anilines is 1. The number of nitrogens with one attached hydrogen (secondary N) is 1. The van der Waals surface area contributed by atoms with Crippen LogP contribution in [0.4, 0.5) is 10.1 Å². The molecule has 1 aliphatic heterocycles.